The zero-order chi connectivity index (χ0) is 8.48. The topological polar surface area (TPSA) is 30.0 Å². The molecule has 0 unspecified atom stereocenters. The maximum atomic E-state index is 11.5. The van der Waals surface area contributed by atoms with Gasteiger partial charge in [0.05, 0.1) is 5.44 Å². The summed E-state index contributed by atoms with van der Waals surface area (Å²) in [6, 6.07) is 3.78. The largest absolute Gasteiger partial charge is 0.318 e. The SMILES string of the molecule is Cc1ccnc(P(C)(C)=O)c1. The highest BCUT2D eigenvalue weighted by Crippen LogP contribution is 2.33. The first kappa shape index (κ1) is 8.48. The Bertz CT molecular complexity index is 303. The second-order valence-corrected chi connectivity index (χ2v) is 6.20. The molecule has 0 aromatic carbocycles. The third-order valence-electron chi connectivity index (χ3n) is 1.45. The van der Waals surface area contributed by atoms with Crippen LogP contribution in [0.5, 0.6) is 0 Å². The molecule has 11 heavy (non-hydrogen) atoms. The van der Waals surface area contributed by atoms with Gasteiger partial charge < -0.3 is 4.57 Å². The predicted octanol–water partition coefficient (Wildman–Crippen LogP) is 1.64. The zero-order valence-electron chi connectivity index (χ0n) is 7.03. The van der Waals surface area contributed by atoms with Gasteiger partial charge in [0, 0.05) is 6.20 Å². The van der Waals surface area contributed by atoms with E-state index in [0.29, 0.717) is 0 Å². The van der Waals surface area contributed by atoms with Gasteiger partial charge in [-0.25, -0.2) is 0 Å². The van der Waals surface area contributed by atoms with Gasteiger partial charge in [-0.1, -0.05) is 0 Å². The highest BCUT2D eigenvalue weighted by molar-refractivity contribution is 7.69. The van der Waals surface area contributed by atoms with Crippen molar-refractivity contribution in [1.29, 1.82) is 0 Å². The van der Waals surface area contributed by atoms with E-state index in [4.69, 9.17) is 0 Å². The van der Waals surface area contributed by atoms with Gasteiger partial charge in [-0.05, 0) is 37.9 Å². The van der Waals surface area contributed by atoms with E-state index >= 15 is 0 Å². The summed E-state index contributed by atoms with van der Waals surface area (Å²) in [6.07, 6.45) is 1.70. The standard InChI is InChI=1S/C8H12NOP/c1-7-4-5-9-8(6-7)11(2,3)10/h4-6H,1-3H3. The van der Waals surface area contributed by atoms with Gasteiger partial charge in [0.15, 0.2) is 0 Å². The van der Waals surface area contributed by atoms with Crippen LogP contribution in [-0.4, -0.2) is 18.3 Å². The van der Waals surface area contributed by atoms with Gasteiger partial charge in [-0.2, -0.15) is 0 Å². The maximum absolute atomic E-state index is 11.5. The molecule has 0 N–H and O–H groups in total. The van der Waals surface area contributed by atoms with Crippen LogP contribution in [0, 0.1) is 6.92 Å². The van der Waals surface area contributed by atoms with Crippen LogP contribution >= 0.6 is 7.14 Å². The Labute approximate surface area is 67.0 Å². The van der Waals surface area contributed by atoms with Gasteiger partial charge in [0.25, 0.3) is 0 Å². The van der Waals surface area contributed by atoms with E-state index in [1.54, 1.807) is 19.5 Å². The first-order valence-corrected chi connectivity index (χ1v) is 6.08. The van der Waals surface area contributed by atoms with Crippen molar-refractivity contribution >= 4 is 12.6 Å². The van der Waals surface area contributed by atoms with Crippen molar-refractivity contribution in [2.75, 3.05) is 13.3 Å². The van der Waals surface area contributed by atoms with Crippen LogP contribution in [0.2, 0.25) is 0 Å². The molecular weight excluding hydrogens is 157 g/mol. The number of nitrogens with zero attached hydrogens (tertiary/aromatic N) is 1. The first-order chi connectivity index (χ1) is 5.00. The van der Waals surface area contributed by atoms with Crippen LogP contribution in [0.15, 0.2) is 18.3 Å². The minimum atomic E-state index is -2.16. The van der Waals surface area contributed by atoms with E-state index in [1.807, 2.05) is 19.1 Å². The van der Waals surface area contributed by atoms with E-state index in [-0.39, 0.29) is 0 Å². The van der Waals surface area contributed by atoms with Gasteiger partial charge in [0.2, 0.25) is 0 Å². The molecule has 0 radical (unpaired) electrons. The number of rotatable bonds is 1. The fraction of sp³-hybridized carbons (Fsp3) is 0.375. The third kappa shape index (κ3) is 2.16. The summed E-state index contributed by atoms with van der Waals surface area (Å²) in [7, 11) is -2.16. The molecule has 1 rings (SSSR count). The van der Waals surface area contributed by atoms with Crippen LogP contribution in [0.1, 0.15) is 5.56 Å². The minimum Gasteiger partial charge on any atom is -0.318 e. The fourth-order valence-electron chi connectivity index (χ4n) is 0.815. The predicted molar refractivity (Wildman–Crippen MR) is 48.1 cm³/mol. The van der Waals surface area contributed by atoms with Gasteiger partial charge in [-0.15, -0.1) is 0 Å². The van der Waals surface area contributed by atoms with E-state index in [1.165, 1.54) is 0 Å². The van der Waals surface area contributed by atoms with Gasteiger partial charge >= 0.3 is 0 Å². The van der Waals surface area contributed by atoms with Crippen molar-refractivity contribution in [3.63, 3.8) is 0 Å². The van der Waals surface area contributed by atoms with Crippen LogP contribution in [0.4, 0.5) is 0 Å². The molecule has 3 heteroatoms. The molecule has 0 bridgehead atoms. The number of aryl methyl sites for hydroxylation is 1. The molecule has 0 aliphatic heterocycles. The fourth-order valence-corrected chi connectivity index (χ4v) is 1.67. The monoisotopic (exact) mass is 169 g/mol. The molecule has 0 saturated carbocycles. The number of pyridine rings is 1. The molecule has 0 aliphatic carbocycles. The van der Waals surface area contributed by atoms with E-state index < -0.39 is 7.14 Å². The summed E-state index contributed by atoms with van der Waals surface area (Å²) < 4.78 is 11.5. The van der Waals surface area contributed by atoms with Crippen molar-refractivity contribution in [3.05, 3.63) is 23.9 Å². The summed E-state index contributed by atoms with van der Waals surface area (Å²) >= 11 is 0. The molecule has 0 saturated heterocycles. The van der Waals surface area contributed by atoms with Gasteiger partial charge in [0.1, 0.15) is 7.14 Å². The summed E-state index contributed by atoms with van der Waals surface area (Å²) in [4.78, 5) is 4.05. The lowest BCUT2D eigenvalue weighted by Crippen LogP contribution is -2.07. The molecule has 1 aromatic rings. The van der Waals surface area contributed by atoms with Crippen LogP contribution in [0.25, 0.3) is 0 Å². The lowest BCUT2D eigenvalue weighted by molar-refractivity contribution is 0.587. The average Bonchev–Trinajstić information content (AvgIpc) is 1.86. The van der Waals surface area contributed by atoms with Crippen molar-refractivity contribution < 1.29 is 4.57 Å². The number of aromatic nitrogens is 1. The Kier molecular flexibility index (Phi) is 2.15. The summed E-state index contributed by atoms with van der Waals surface area (Å²) in [6.45, 7) is 5.43. The molecule has 0 atom stereocenters. The minimum absolute atomic E-state index is 0.720. The zero-order valence-corrected chi connectivity index (χ0v) is 7.93. The lowest BCUT2D eigenvalue weighted by Gasteiger charge is -2.04. The Hall–Kier alpha value is -0.620. The summed E-state index contributed by atoms with van der Waals surface area (Å²) in [5, 5.41) is 0. The quantitative estimate of drug-likeness (QED) is 0.598. The van der Waals surface area contributed by atoms with Crippen LogP contribution in [-0.2, 0) is 4.57 Å². The smallest absolute Gasteiger partial charge is 0.127 e. The number of hydrogen-bond acceptors (Lipinski definition) is 2. The normalized spacial score (nSPS) is 11.5. The third-order valence-corrected chi connectivity index (χ3v) is 2.80. The summed E-state index contributed by atoms with van der Waals surface area (Å²) in [5.41, 5.74) is 1.83. The van der Waals surface area contributed by atoms with Gasteiger partial charge in [-0.3, -0.25) is 4.98 Å². The molecule has 0 fully saturated rings. The summed E-state index contributed by atoms with van der Waals surface area (Å²) in [5.74, 6) is 0. The molecule has 0 aliphatic rings. The Morgan fingerprint density at radius 3 is 2.45 bits per heavy atom. The highest BCUT2D eigenvalue weighted by Gasteiger charge is 2.11. The average molecular weight is 169 g/mol. The van der Waals surface area contributed by atoms with Crippen molar-refractivity contribution in [1.82, 2.24) is 4.98 Å². The first-order valence-electron chi connectivity index (χ1n) is 3.48. The molecule has 2 nitrogen and oxygen atoms in total. The second-order valence-electron chi connectivity index (χ2n) is 3.04. The van der Waals surface area contributed by atoms with Crippen molar-refractivity contribution in [3.8, 4) is 0 Å². The van der Waals surface area contributed by atoms with E-state index in [9.17, 15) is 4.57 Å². The second kappa shape index (κ2) is 2.78. The molecule has 60 valence electrons. The lowest BCUT2D eigenvalue weighted by atomic mass is 10.3. The molecule has 0 spiro atoms. The van der Waals surface area contributed by atoms with E-state index in [2.05, 4.69) is 4.98 Å². The number of hydrogen-bond donors (Lipinski definition) is 0. The Morgan fingerprint density at radius 2 is 2.09 bits per heavy atom. The molecule has 0 amide bonds. The Morgan fingerprint density at radius 1 is 1.45 bits per heavy atom. The highest BCUT2D eigenvalue weighted by atomic mass is 31.2. The van der Waals surface area contributed by atoms with Crippen LogP contribution in [0.3, 0.4) is 0 Å². The van der Waals surface area contributed by atoms with Crippen molar-refractivity contribution in [2.24, 2.45) is 0 Å². The maximum Gasteiger partial charge on any atom is 0.127 e. The molecular formula is C8H12NOP. The Balaban J connectivity index is 3.17. The van der Waals surface area contributed by atoms with E-state index in [0.717, 1.165) is 11.0 Å². The van der Waals surface area contributed by atoms with Crippen molar-refractivity contribution in [2.45, 2.75) is 6.92 Å². The van der Waals surface area contributed by atoms with Crippen LogP contribution < -0.4 is 5.44 Å². The molecule has 1 heterocycles. The molecule has 1 aromatic heterocycles.